The Balaban J connectivity index is 3.18. The number of carbonyl (C=O) groups excluding carboxylic acids is 1. The summed E-state index contributed by atoms with van der Waals surface area (Å²) in [6.45, 7) is 2.61. The van der Waals surface area contributed by atoms with Gasteiger partial charge in [0.1, 0.15) is 10.7 Å². The summed E-state index contributed by atoms with van der Waals surface area (Å²) in [6.07, 6.45) is 0. The van der Waals surface area contributed by atoms with Crippen molar-refractivity contribution in [3.63, 3.8) is 0 Å². The van der Waals surface area contributed by atoms with Gasteiger partial charge >= 0.3 is 5.97 Å². The van der Waals surface area contributed by atoms with Crippen LogP contribution in [0, 0.1) is 12.7 Å². The molecule has 0 unspecified atom stereocenters. The Kier molecular flexibility index (Phi) is 5.02. The molecule has 0 bridgehead atoms. The van der Waals surface area contributed by atoms with Crippen molar-refractivity contribution in [3.8, 4) is 0 Å². The van der Waals surface area contributed by atoms with E-state index < -0.39 is 38.9 Å². The molecule has 0 aliphatic rings. The van der Waals surface area contributed by atoms with Crippen LogP contribution in [0.3, 0.4) is 0 Å². The lowest BCUT2D eigenvalue weighted by atomic mass is 10.1. The Morgan fingerprint density at radius 1 is 1.42 bits per heavy atom. The highest BCUT2D eigenvalue weighted by Gasteiger charge is 2.26. The van der Waals surface area contributed by atoms with Crippen molar-refractivity contribution in [2.45, 2.75) is 25.3 Å². The van der Waals surface area contributed by atoms with Crippen LogP contribution >= 0.6 is 0 Å². The van der Waals surface area contributed by atoms with Gasteiger partial charge in [-0.05, 0) is 31.0 Å². The van der Waals surface area contributed by atoms with Crippen molar-refractivity contribution in [1.82, 2.24) is 0 Å². The van der Waals surface area contributed by atoms with Crippen molar-refractivity contribution in [3.05, 3.63) is 29.1 Å². The third kappa shape index (κ3) is 3.74. The van der Waals surface area contributed by atoms with Crippen molar-refractivity contribution < 1.29 is 27.4 Å². The molecule has 0 aromatic heterocycles. The van der Waals surface area contributed by atoms with Crippen LogP contribution in [0.4, 0.5) is 4.39 Å². The second-order valence-corrected chi connectivity index (χ2v) is 5.87. The molecule has 0 aliphatic heterocycles. The van der Waals surface area contributed by atoms with E-state index in [0.29, 0.717) is 0 Å². The predicted octanol–water partition coefficient (Wildman–Crippen LogP) is 0.963. The van der Waals surface area contributed by atoms with E-state index in [1.165, 1.54) is 13.0 Å². The molecule has 1 aromatic rings. The van der Waals surface area contributed by atoms with E-state index in [0.717, 1.165) is 6.07 Å². The number of hydrogen-bond acceptors (Lipinski definition) is 5. The number of ether oxygens (including phenoxy) is 1. The molecule has 0 spiro atoms. The first-order valence-electron chi connectivity index (χ1n) is 5.60. The molecule has 0 saturated carbocycles. The quantitative estimate of drug-likeness (QED) is 0.817. The zero-order chi connectivity index (χ0) is 14.6. The lowest BCUT2D eigenvalue weighted by Gasteiger charge is -2.10. The van der Waals surface area contributed by atoms with Crippen LogP contribution < -0.4 is 0 Å². The number of aryl methyl sites for hydroxylation is 1. The van der Waals surface area contributed by atoms with Crippen LogP contribution in [0.15, 0.2) is 17.0 Å². The first kappa shape index (κ1) is 15.6. The van der Waals surface area contributed by atoms with E-state index in [1.54, 1.807) is 6.92 Å². The molecule has 19 heavy (non-hydrogen) atoms. The summed E-state index contributed by atoms with van der Waals surface area (Å²) in [6, 6.07) is 2.30. The average molecular weight is 290 g/mol. The summed E-state index contributed by atoms with van der Waals surface area (Å²) in [5.41, 5.74) is 0.415. The monoisotopic (exact) mass is 290 g/mol. The molecule has 0 aliphatic carbocycles. The second kappa shape index (κ2) is 6.12. The SMILES string of the molecule is CCOC(=O)CS(=O)(=O)c1c(C)cc(CO)cc1F. The number of aliphatic hydroxyl groups is 1. The molecule has 0 radical (unpaired) electrons. The van der Waals surface area contributed by atoms with Gasteiger partial charge in [0.2, 0.25) is 0 Å². The van der Waals surface area contributed by atoms with E-state index in [4.69, 9.17) is 5.11 Å². The maximum absolute atomic E-state index is 13.8. The number of rotatable bonds is 5. The van der Waals surface area contributed by atoms with Gasteiger partial charge in [-0.1, -0.05) is 6.07 Å². The normalized spacial score (nSPS) is 11.4. The minimum absolute atomic E-state index is 0.0548. The molecule has 5 nitrogen and oxygen atoms in total. The summed E-state index contributed by atoms with van der Waals surface area (Å²) in [4.78, 5) is 10.7. The Hall–Kier alpha value is -1.47. The van der Waals surface area contributed by atoms with Crippen LogP contribution in [0.2, 0.25) is 0 Å². The van der Waals surface area contributed by atoms with E-state index >= 15 is 0 Å². The zero-order valence-electron chi connectivity index (χ0n) is 10.6. The molecule has 1 aromatic carbocycles. The van der Waals surface area contributed by atoms with Crippen LogP contribution in [-0.4, -0.2) is 31.9 Å². The minimum atomic E-state index is -4.10. The van der Waals surface area contributed by atoms with Gasteiger partial charge in [0, 0.05) is 0 Å². The lowest BCUT2D eigenvalue weighted by molar-refractivity contribution is -0.139. The number of carbonyl (C=O) groups is 1. The fourth-order valence-electron chi connectivity index (χ4n) is 1.72. The Morgan fingerprint density at radius 3 is 2.53 bits per heavy atom. The van der Waals surface area contributed by atoms with Crippen LogP contribution in [-0.2, 0) is 26.0 Å². The number of halogens is 1. The predicted molar refractivity (Wildman–Crippen MR) is 65.7 cm³/mol. The number of benzene rings is 1. The topological polar surface area (TPSA) is 80.7 Å². The lowest BCUT2D eigenvalue weighted by Crippen LogP contribution is -2.20. The third-order valence-electron chi connectivity index (χ3n) is 2.40. The molecule has 0 saturated heterocycles. The number of hydrogen-bond donors (Lipinski definition) is 1. The summed E-state index contributed by atoms with van der Waals surface area (Å²) in [5, 5.41) is 8.91. The molecular weight excluding hydrogens is 275 g/mol. The maximum Gasteiger partial charge on any atom is 0.321 e. The highest BCUT2D eigenvalue weighted by Crippen LogP contribution is 2.22. The average Bonchev–Trinajstić information content (AvgIpc) is 2.26. The molecule has 0 fully saturated rings. The van der Waals surface area contributed by atoms with Crippen molar-refractivity contribution in [2.24, 2.45) is 0 Å². The molecular formula is C12H15FO5S. The molecule has 7 heteroatoms. The van der Waals surface area contributed by atoms with Crippen molar-refractivity contribution in [2.75, 3.05) is 12.4 Å². The van der Waals surface area contributed by atoms with E-state index in [9.17, 15) is 17.6 Å². The Labute approximate surface area is 110 Å². The zero-order valence-corrected chi connectivity index (χ0v) is 11.5. The highest BCUT2D eigenvalue weighted by atomic mass is 32.2. The second-order valence-electron chi connectivity index (χ2n) is 3.95. The Morgan fingerprint density at radius 2 is 2.05 bits per heavy atom. The van der Waals surface area contributed by atoms with Gasteiger partial charge in [-0.15, -0.1) is 0 Å². The van der Waals surface area contributed by atoms with Gasteiger partial charge < -0.3 is 9.84 Å². The summed E-state index contributed by atoms with van der Waals surface area (Å²) in [7, 11) is -4.10. The van der Waals surface area contributed by atoms with Gasteiger partial charge in [0.05, 0.1) is 13.2 Å². The number of esters is 1. The fraction of sp³-hybridized carbons (Fsp3) is 0.417. The van der Waals surface area contributed by atoms with Crippen LogP contribution in [0.1, 0.15) is 18.1 Å². The van der Waals surface area contributed by atoms with Crippen LogP contribution in [0.25, 0.3) is 0 Å². The van der Waals surface area contributed by atoms with Gasteiger partial charge in [0.25, 0.3) is 0 Å². The molecule has 1 rings (SSSR count). The molecule has 0 atom stereocenters. The highest BCUT2D eigenvalue weighted by molar-refractivity contribution is 7.92. The van der Waals surface area contributed by atoms with Crippen LogP contribution in [0.5, 0.6) is 0 Å². The largest absolute Gasteiger partial charge is 0.465 e. The summed E-state index contributed by atoms with van der Waals surface area (Å²) < 4.78 is 42.2. The van der Waals surface area contributed by atoms with E-state index in [-0.39, 0.29) is 17.7 Å². The first-order valence-corrected chi connectivity index (χ1v) is 7.25. The van der Waals surface area contributed by atoms with Crippen molar-refractivity contribution >= 4 is 15.8 Å². The van der Waals surface area contributed by atoms with Gasteiger partial charge in [-0.25, -0.2) is 12.8 Å². The Bertz CT molecular complexity index is 557. The standard InChI is InChI=1S/C12H15FO5S/c1-3-18-11(15)7-19(16,17)12-8(2)4-9(6-14)5-10(12)13/h4-5,14H,3,6-7H2,1-2H3. The molecule has 1 N–H and O–H groups in total. The molecule has 0 amide bonds. The van der Waals surface area contributed by atoms with Gasteiger partial charge in [-0.2, -0.15) is 0 Å². The maximum atomic E-state index is 13.8. The molecule has 106 valence electrons. The van der Waals surface area contributed by atoms with Gasteiger partial charge in [-0.3, -0.25) is 4.79 Å². The number of aliphatic hydroxyl groups excluding tert-OH is 1. The van der Waals surface area contributed by atoms with Gasteiger partial charge in [0.15, 0.2) is 15.6 Å². The minimum Gasteiger partial charge on any atom is -0.465 e. The van der Waals surface area contributed by atoms with E-state index in [2.05, 4.69) is 4.74 Å². The summed E-state index contributed by atoms with van der Waals surface area (Å²) in [5.74, 6) is -2.81. The smallest absolute Gasteiger partial charge is 0.321 e. The van der Waals surface area contributed by atoms with Crippen molar-refractivity contribution in [1.29, 1.82) is 0 Å². The fourth-order valence-corrected chi connectivity index (χ4v) is 3.16. The first-order chi connectivity index (χ1) is 8.81. The summed E-state index contributed by atoms with van der Waals surface area (Å²) >= 11 is 0. The van der Waals surface area contributed by atoms with E-state index in [1.807, 2.05) is 0 Å². The number of sulfone groups is 1. The third-order valence-corrected chi connectivity index (χ3v) is 4.15. The molecule has 0 heterocycles.